The van der Waals surface area contributed by atoms with Crippen LogP contribution < -0.4 is 0 Å². The first-order valence-corrected chi connectivity index (χ1v) is 9.63. The summed E-state index contributed by atoms with van der Waals surface area (Å²) in [5.74, 6) is 1.58. The lowest BCUT2D eigenvalue weighted by Crippen LogP contribution is -1.87. The number of aromatic nitrogens is 2. The Hall–Kier alpha value is -3.20. The highest BCUT2D eigenvalue weighted by Crippen LogP contribution is 2.34. The maximum atomic E-state index is 6.07. The van der Waals surface area contributed by atoms with Crippen LogP contribution in [0.5, 0.6) is 0 Å². The van der Waals surface area contributed by atoms with E-state index >= 15 is 0 Å². The van der Waals surface area contributed by atoms with Crippen LogP contribution in [0.25, 0.3) is 34.0 Å². The van der Waals surface area contributed by atoms with Gasteiger partial charge in [0, 0.05) is 11.1 Å². The number of benzene rings is 3. The minimum absolute atomic E-state index is 0.497. The van der Waals surface area contributed by atoms with Gasteiger partial charge in [0.05, 0.1) is 0 Å². The first-order valence-electron chi connectivity index (χ1n) is 9.63. The van der Waals surface area contributed by atoms with E-state index in [4.69, 9.17) is 4.42 Å². The third kappa shape index (κ3) is 3.61. The van der Waals surface area contributed by atoms with Gasteiger partial charge in [-0.3, -0.25) is 0 Å². The van der Waals surface area contributed by atoms with Crippen LogP contribution in [0.15, 0.2) is 71.1 Å². The van der Waals surface area contributed by atoms with Crippen LogP contribution in [0.2, 0.25) is 0 Å². The highest BCUT2D eigenvalue weighted by molar-refractivity contribution is 5.80. The Morgan fingerprint density at radius 3 is 1.93 bits per heavy atom. The summed E-state index contributed by atoms with van der Waals surface area (Å²) in [6, 6.07) is 23.2. The Kier molecular flexibility index (Phi) is 4.82. The monoisotopic (exact) mass is 368 g/mol. The zero-order valence-corrected chi connectivity index (χ0v) is 16.7. The maximum Gasteiger partial charge on any atom is 0.248 e. The fraction of sp³-hybridized carbons (Fsp3) is 0.200. The van der Waals surface area contributed by atoms with E-state index in [0.717, 1.165) is 27.8 Å². The fourth-order valence-electron chi connectivity index (χ4n) is 3.28. The smallest absolute Gasteiger partial charge is 0.248 e. The zero-order chi connectivity index (χ0) is 19.7. The standard InChI is InChI=1S/C25H24N2O/c1-16(2)19-10-12-21(13-11-19)24-26-27-25(28-24)23-15-18(4)7-14-22(23)20-8-5-17(3)6-9-20/h5-16H,1-4H3. The first-order chi connectivity index (χ1) is 13.5. The predicted molar refractivity (Wildman–Crippen MR) is 114 cm³/mol. The van der Waals surface area contributed by atoms with Gasteiger partial charge in [-0.2, -0.15) is 0 Å². The third-order valence-corrected chi connectivity index (χ3v) is 5.02. The molecule has 0 aliphatic carbocycles. The minimum atomic E-state index is 0.497. The topological polar surface area (TPSA) is 38.9 Å². The van der Waals surface area contributed by atoms with Crippen LogP contribution in [0.3, 0.4) is 0 Å². The van der Waals surface area contributed by atoms with Crippen LogP contribution >= 0.6 is 0 Å². The van der Waals surface area contributed by atoms with Crippen molar-refractivity contribution in [2.75, 3.05) is 0 Å². The average molecular weight is 368 g/mol. The molecular formula is C25H24N2O. The maximum absolute atomic E-state index is 6.07. The number of rotatable bonds is 4. The summed E-state index contributed by atoms with van der Waals surface area (Å²) >= 11 is 0. The van der Waals surface area contributed by atoms with E-state index in [1.807, 2.05) is 12.1 Å². The van der Waals surface area contributed by atoms with Crippen molar-refractivity contribution in [2.45, 2.75) is 33.6 Å². The molecule has 0 bridgehead atoms. The molecule has 3 aromatic carbocycles. The normalized spacial score (nSPS) is 11.2. The van der Waals surface area contributed by atoms with Crippen molar-refractivity contribution in [2.24, 2.45) is 0 Å². The molecule has 0 saturated heterocycles. The average Bonchev–Trinajstić information content (AvgIpc) is 3.19. The summed E-state index contributed by atoms with van der Waals surface area (Å²) in [6.45, 7) is 8.54. The second-order valence-corrected chi connectivity index (χ2v) is 7.60. The summed E-state index contributed by atoms with van der Waals surface area (Å²) in [5, 5.41) is 8.65. The molecule has 4 rings (SSSR count). The molecule has 0 unspecified atom stereocenters. The number of aryl methyl sites for hydroxylation is 2. The second-order valence-electron chi connectivity index (χ2n) is 7.60. The van der Waals surface area contributed by atoms with Gasteiger partial charge in [-0.05, 0) is 54.7 Å². The summed E-state index contributed by atoms with van der Waals surface area (Å²) in [7, 11) is 0. The van der Waals surface area contributed by atoms with Gasteiger partial charge in [0.15, 0.2) is 0 Å². The fourth-order valence-corrected chi connectivity index (χ4v) is 3.28. The highest BCUT2D eigenvalue weighted by Gasteiger charge is 2.15. The van der Waals surface area contributed by atoms with Crippen molar-refractivity contribution in [3.63, 3.8) is 0 Å². The van der Waals surface area contributed by atoms with E-state index < -0.39 is 0 Å². The van der Waals surface area contributed by atoms with E-state index in [-0.39, 0.29) is 0 Å². The quantitative estimate of drug-likeness (QED) is 0.397. The van der Waals surface area contributed by atoms with Crippen LogP contribution in [0.1, 0.15) is 36.5 Å². The lowest BCUT2D eigenvalue weighted by Gasteiger charge is -2.08. The second kappa shape index (κ2) is 7.43. The molecule has 1 heterocycles. The SMILES string of the molecule is Cc1ccc(-c2ccc(C)cc2-c2nnc(-c3ccc(C(C)C)cc3)o2)cc1. The molecule has 140 valence electrons. The van der Waals surface area contributed by atoms with Crippen LogP contribution in [-0.2, 0) is 0 Å². The van der Waals surface area contributed by atoms with Crippen LogP contribution in [0, 0.1) is 13.8 Å². The molecule has 0 atom stereocenters. The molecule has 4 aromatic rings. The molecule has 28 heavy (non-hydrogen) atoms. The van der Waals surface area contributed by atoms with Gasteiger partial charge in [-0.15, -0.1) is 10.2 Å². The van der Waals surface area contributed by atoms with E-state index in [2.05, 4.69) is 92.5 Å². The zero-order valence-electron chi connectivity index (χ0n) is 16.7. The molecule has 3 nitrogen and oxygen atoms in total. The summed E-state index contributed by atoms with van der Waals surface area (Å²) < 4.78 is 6.07. The molecule has 1 aromatic heterocycles. The van der Waals surface area contributed by atoms with Gasteiger partial charge in [-0.25, -0.2) is 0 Å². The van der Waals surface area contributed by atoms with Gasteiger partial charge in [0.1, 0.15) is 0 Å². The van der Waals surface area contributed by atoms with E-state index in [1.165, 1.54) is 11.1 Å². The Labute approximate surface area is 166 Å². The summed E-state index contributed by atoms with van der Waals surface area (Å²) in [4.78, 5) is 0. The molecular weight excluding hydrogens is 344 g/mol. The van der Waals surface area contributed by atoms with E-state index in [1.54, 1.807) is 0 Å². The Bertz CT molecular complexity index is 1090. The molecule has 0 amide bonds. The van der Waals surface area contributed by atoms with Crippen molar-refractivity contribution in [3.05, 3.63) is 83.4 Å². The van der Waals surface area contributed by atoms with Crippen molar-refractivity contribution in [1.29, 1.82) is 0 Å². The molecule has 0 N–H and O–H groups in total. The minimum Gasteiger partial charge on any atom is -0.416 e. The van der Waals surface area contributed by atoms with Crippen molar-refractivity contribution >= 4 is 0 Å². The summed E-state index contributed by atoms with van der Waals surface area (Å²) in [6.07, 6.45) is 0. The molecule has 0 aliphatic rings. The van der Waals surface area contributed by atoms with Gasteiger partial charge >= 0.3 is 0 Å². The van der Waals surface area contributed by atoms with Crippen LogP contribution in [0.4, 0.5) is 0 Å². The van der Waals surface area contributed by atoms with E-state index in [0.29, 0.717) is 17.7 Å². The Balaban J connectivity index is 1.74. The Morgan fingerprint density at radius 1 is 0.643 bits per heavy atom. The van der Waals surface area contributed by atoms with Gasteiger partial charge in [0.25, 0.3) is 0 Å². The molecule has 0 saturated carbocycles. The number of hydrogen-bond donors (Lipinski definition) is 0. The predicted octanol–water partition coefficient (Wildman–Crippen LogP) is 6.81. The molecule has 3 heteroatoms. The van der Waals surface area contributed by atoms with Gasteiger partial charge in [0.2, 0.25) is 11.8 Å². The van der Waals surface area contributed by atoms with Crippen molar-refractivity contribution in [1.82, 2.24) is 10.2 Å². The lowest BCUT2D eigenvalue weighted by molar-refractivity contribution is 0.584. The molecule has 0 radical (unpaired) electrons. The van der Waals surface area contributed by atoms with Crippen molar-refractivity contribution < 1.29 is 4.42 Å². The lowest BCUT2D eigenvalue weighted by atomic mass is 9.97. The van der Waals surface area contributed by atoms with Gasteiger partial charge in [-0.1, -0.05) is 73.5 Å². The number of hydrogen-bond acceptors (Lipinski definition) is 3. The van der Waals surface area contributed by atoms with Crippen LogP contribution in [-0.4, -0.2) is 10.2 Å². The van der Waals surface area contributed by atoms with Gasteiger partial charge < -0.3 is 4.42 Å². The third-order valence-electron chi connectivity index (χ3n) is 5.02. The molecule has 0 fully saturated rings. The molecule has 0 spiro atoms. The number of nitrogens with zero attached hydrogens (tertiary/aromatic N) is 2. The van der Waals surface area contributed by atoms with E-state index in [9.17, 15) is 0 Å². The van der Waals surface area contributed by atoms with Crippen molar-refractivity contribution in [3.8, 4) is 34.0 Å². The highest BCUT2D eigenvalue weighted by atomic mass is 16.4. The Morgan fingerprint density at radius 2 is 1.25 bits per heavy atom. The largest absolute Gasteiger partial charge is 0.416 e. The first kappa shape index (κ1) is 18.2. The summed E-state index contributed by atoms with van der Waals surface area (Å²) in [5.41, 5.74) is 7.82. The molecule has 0 aliphatic heterocycles.